The lowest BCUT2D eigenvalue weighted by Gasteiger charge is -2.10. The molecule has 5 heteroatoms. The third kappa shape index (κ3) is 8.08. The number of hydrogen-bond donors (Lipinski definition) is 0. The van der Waals surface area contributed by atoms with Crippen LogP contribution in [0.5, 0.6) is 5.75 Å². The zero-order chi connectivity index (χ0) is 26.7. The Bertz CT molecular complexity index is 1290. The molecule has 0 amide bonds. The van der Waals surface area contributed by atoms with Crippen LogP contribution in [0.4, 0.5) is 13.2 Å². The van der Waals surface area contributed by atoms with Crippen LogP contribution < -0.4 is 4.74 Å². The standard InChI is InChI=1S/C33H36F3NO/c1-2-3-4-5-6-7-26-10-18-29(37-23-26)17-9-25-13-21-31-28(22-25)16-15-27(32(31)34)14-8-24-11-19-30(20-12-24)38-33(35)36/h10-13,15-16,18-23,33H,2-9,14,17H2,1H3. The van der Waals surface area contributed by atoms with E-state index in [0.717, 1.165) is 41.5 Å². The average Bonchev–Trinajstić information content (AvgIpc) is 2.92. The number of halogens is 3. The topological polar surface area (TPSA) is 22.1 Å². The van der Waals surface area contributed by atoms with Gasteiger partial charge in [0.05, 0.1) is 0 Å². The van der Waals surface area contributed by atoms with Crippen LogP contribution >= 0.6 is 0 Å². The number of rotatable bonds is 14. The van der Waals surface area contributed by atoms with Gasteiger partial charge in [-0.3, -0.25) is 4.98 Å². The van der Waals surface area contributed by atoms with Gasteiger partial charge in [0, 0.05) is 17.3 Å². The summed E-state index contributed by atoms with van der Waals surface area (Å²) in [5.41, 5.74) is 5.13. The van der Waals surface area contributed by atoms with Gasteiger partial charge in [-0.05, 0) is 84.4 Å². The molecule has 0 aliphatic rings. The van der Waals surface area contributed by atoms with Crippen molar-refractivity contribution >= 4 is 10.8 Å². The van der Waals surface area contributed by atoms with E-state index in [1.807, 2.05) is 30.5 Å². The van der Waals surface area contributed by atoms with Crippen molar-refractivity contribution in [2.24, 2.45) is 0 Å². The van der Waals surface area contributed by atoms with Crippen LogP contribution in [0.1, 0.15) is 67.0 Å². The lowest BCUT2D eigenvalue weighted by atomic mass is 9.98. The number of alkyl halides is 2. The van der Waals surface area contributed by atoms with Gasteiger partial charge in [0.2, 0.25) is 0 Å². The molecule has 2 nitrogen and oxygen atoms in total. The smallest absolute Gasteiger partial charge is 0.387 e. The molecule has 0 saturated carbocycles. The number of hydrogen-bond acceptors (Lipinski definition) is 2. The van der Waals surface area contributed by atoms with Crippen molar-refractivity contribution in [2.45, 2.75) is 77.7 Å². The summed E-state index contributed by atoms with van der Waals surface area (Å²) in [6.45, 7) is -0.605. The fourth-order valence-corrected chi connectivity index (χ4v) is 4.81. The van der Waals surface area contributed by atoms with Gasteiger partial charge in [0.1, 0.15) is 11.6 Å². The van der Waals surface area contributed by atoms with Gasteiger partial charge in [-0.1, -0.05) is 81.1 Å². The fourth-order valence-electron chi connectivity index (χ4n) is 4.81. The Labute approximate surface area is 223 Å². The first-order valence-electron chi connectivity index (χ1n) is 13.7. The summed E-state index contributed by atoms with van der Waals surface area (Å²) in [4.78, 5) is 4.66. The Morgan fingerprint density at radius 3 is 2.18 bits per heavy atom. The Hall–Kier alpha value is -3.34. The van der Waals surface area contributed by atoms with Crippen LogP contribution in [-0.2, 0) is 32.1 Å². The molecule has 0 bridgehead atoms. The molecule has 200 valence electrons. The summed E-state index contributed by atoms with van der Waals surface area (Å²) in [5.74, 6) is -0.0731. The molecule has 0 unspecified atom stereocenters. The lowest BCUT2D eigenvalue weighted by Crippen LogP contribution is -2.02. The fraction of sp³-hybridized carbons (Fsp3) is 0.364. The number of nitrogens with zero attached hydrogens (tertiary/aromatic N) is 1. The highest BCUT2D eigenvalue weighted by Gasteiger charge is 2.10. The summed E-state index contributed by atoms with van der Waals surface area (Å²) in [6, 6.07) is 20.6. The lowest BCUT2D eigenvalue weighted by molar-refractivity contribution is -0.0498. The molecule has 0 aliphatic heterocycles. The van der Waals surface area contributed by atoms with E-state index in [0.29, 0.717) is 23.8 Å². The molecule has 1 heterocycles. The Kier molecular flexibility index (Phi) is 10.2. The molecule has 1 aromatic heterocycles. The van der Waals surface area contributed by atoms with Crippen LogP contribution in [0.2, 0.25) is 0 Å². The SMILES string of the molecule is CCCCCCCc1ccc(CCc2ccc3c(F)c(CCc4ccc(OC(F)F)cc4)ccc3c2)nc1. The monoisotopic (exact) mass is 519 g/mol. The van der Waals surface area contributed by atoms with Crippen molar-refractivity contribution in [1.29, 1.82) is 0 Å². The summed E-state index contributed by atoms with van der Waals surface area (Å²) in [6.07, 6.45) is 12.4. The quantitative estimate of drug-likeness (QED) is 0.155. The van der Waals surface area contributed by atoms with Crippen LogP contribution in [0.25, 0.3) is 10.8 Å². The number of unbranched alkanes of at least 4 members (excludes halogenated alkanes) is 4. The molecule has 0 spiro atoms. The molecule has 0 N–H and O–H groups in total. The van der Waals surface area contributed by atoms with Gasteiger partial charge in [-0.15, -0.1) is 0 Å². The van der Waals surface area contributed by atoms with Gasteiger partial charge < -0.3 is 4.74 Å². The second kappa shape index (κ2) is 14.0. The molecule has 4 aromatic rings. The first-order valence-corrected chi connectivity index (χ1v) is 13.7. The van der Waals surface area contributed by atoms with Crippen molar-refractivity contribution < 1.29 is 17.9 Å². The van der Waals surface area contributed by atoms with E-state index < -0.39 is 6.61 Å². The van der Waals surface area contributed by atoms with Crippen molar-refractivity contribution in [1.82, 2.24) is 4.98 Å². The van der Waals surface area contributed by atoms with Crippen LogP contribution in [-0.4, -0.2) is 11.6 Å². The Morgan fingerprint density at radius 2 is 1.45 bits per heavy atom. The molecular formula is C33H36F3NO. The highest BCUT2D eigenvalue weighted by Crippen LogP contribution is 2.25. The summed E-state index contributed by atoms with van der Waals surface area (Å²) < 4.78 is 44.2. The van der Waals surface area contributed by atoms with Gasteiger partial charge >= 0.3 is 6.61 Å². The van der Waals surface area contributed by atoms with E-state index in [-0.39, 0.29) is 11.6 Å². The zero-order valence-electron chi connectivity index (χ0n) is 22.1. The third-order valence-electron chi connectivity index (χ3n) is 7.05. The minimum atomic E-state index is -2.84. The molecule has 3 aromatic carbocycles. The summed E-state index contributed by atoms with van der Waals surface area (Å²) >= 11 is 0. The second-order valence-corrected chi connectivity index (χ2v) is 9.94. The highest BCUT2D eigenvalue weighted by atomic mass is 19.3. The predicted octanol–water partition coefficient (Wildman–Crippen LogP) is 9.06. The zero-order valence-corrected chi connectivity index (χ0v) is 22.1. The molecule has 0 radical (unpaired) electrons. The van der Waals surface area contributed by atoms with E-state index >= 15 is 4.39 Å². The van der Waals surface area contributed by atoms with Gasteiger partial charge in [-0.2, -0.15) is 8.78 Å². The van der Waals surface area contributed by atoms with Crippen LogP contribution in [0.15, 0.2) is 72.9 Å². The molecule has 0 atom stereocenters. The molecular weight excluding hydrogens is 483 g/mol. The summed E-state index contributed by atoms with van der Waals surface area (Å²) in [5, 5.41) is 1.51. The van der Waals surface area contributed by atoms with E-state index in [1.165, 1.54) is 49.8 Å². The van der Waals surface area contributed by atoms with Gasteiger partial charge in [0.25, 0.3) is 0 Å². The number of benzene rings is 3. The molecule has 0 fully saturated rings. The Morgan fingerprint density at radius 1 is 0.711 bits per heavy atom. The van der Waals surface area contributed by atoms with Crippen molar-refractivity contribution in [3.05, 3.63) is 107 Å². The maximum Gasteiger partial charge on any atom is 0.387 e. The number of ether oxygens (including phenoxy) is 1. The highest BCUT2D eigenvalue weighted by molar-refractivity contribution is 5.84. The number of pyridine rings is 1. The van der Waals surface area contributed by atoms with Crippen LogP contribution in [0.3, 0.4) is 0 Å². The number of fused-ring (bicyclic) bond motifs is 1. The van der Waals surface area contributed by atoms with E-state index in [4.69, 9.17) is 0 Å². The maximum absolute atomic E-state index is 15.2. The molecule has 4 rings (SSSR count). The largest absolute Gasteiger partial charge is 0.435 e. The Balaban J connectivity index is 1.30. The van der Waals surface area contributed by atoms with Crippen molar-refractivity contribution in [3.8, 4) is 5.75 Å². The van der Waals surface area contributed by atoms with E-state index in [1.54, 1.807) is 12.1 Å². The normalized spacial score (nSPS) is 11.4. The minimum absolute atomic E-state index is 0.123. The summed E-state index contributed by atoms with van der Waals surface area (Å²) in [7, 11) is 0. The minimum Gasteiger partial charge on any atom is -0.435 e. The number of aromatic nitrogens is 1. The third-order valence-corrected chi connectivity index (χ3v) is 7.05. The molecule has 0 saturated heterocycles. The molecule has 38 heavy (non-hydrogen) atoms. The van der Waals surface area contributed by atoms with Crippen LogP contribution in [0, 0.1) is 5.82 Å². The van der Waals surface area contributed by atoms with Crippen molar-refractivity contribution in [3.63, 3.8) is 0 Å². The first-order chi connectivity index (χ1) is 18.5. The van der Waals surface area contributed by atoms with E-state index in [9.17, 15) is 8.78 Å². The average molecular weight is 520 g/mol. The maximum atomic E-state index is 15.2. The number of aryl methyl sites for hydroxylation is 5. The second-order valence-electron chi connectivity index (χ2n) is 9.94. The first kappa shape index (κ1) is 27.7. The van der Waals surface area contributed by atoms with Gasteiger partial charge in [-0.25, -0.2) is 4.39 Å². The molecule has 0 aliphatic carbocycles. The predicted molar refractivity (Wildman–Crippen MR) is 148 cm³/mol. The van der Waals surface area contributed by atoms with Gasteiger partial charge in [0.15, 0.2) is 0 Å². The van der Waals surface area contributed by atoms with Crippen molar-refractivity contribution in [2.75, 3.05) is 0 Å². The van der Waals surface area contributed by atoms with E-state index in [2.05, 4.69) is 34.8 Å².